The van der Waals surface area contributed by atoms with E-state index in [1.807, 2.05) is 0 Å². The van der Waals surface area contributed by atoms with Crippen LogP contribution in [0.15, 0.2) is 109 Å². The third-order valence-electron chi connectivity index (χ3n) is 11.7. The quantitative estimate of drug-likeness (QED) is 0.181. The van der Waals surface area contributed by atoms with Gasteiger partial charge >= 0.3 is 0 Å². The highest BCUT2D eigenvalue weighted by atomic mass is 15.1. The van der Waals surface area contributed by atoms with E-state index in [1.165, 1.54) is 88.5 Å². The predicted molar refractivity (Wildman–Crippen MR) is 209 cm³/mol. The summed E-state index contributed by atoms with van der Waals surface area (Å²) in [6.07, 6.45) is 9.48. The Balaban J connectivity index is 1.23. The van der Waals surface area contributed by atoms with Crippen LogP contribution in [-0.4, -0.2) is 18.3 Å². The Morgan fingerprint density at radius 3 is 1.64 bits per heavy atom. The SMILES string of the molecule is CC=c1c(=CC(C)C)n(-c2ccc(-n3c4ccccc4c4cn5c(c43)C(C)(C)c3ccccc3-5)cc2)c2c3n(cc12)-c1ccccc1C3(C)C. The Hall–Kier alpha value is -5.48. The minimum Gasteiger partial charge on any atom is -0.317 e. The van der Waals surface area contributed by atoms with Crippen LogP contribution in [0.3, 0.4) is 0 Å². The average Bonchev–Trinajstić information content (AvgIpc) is 3.90. The second-order valence-electron chi connectivity index (χ2n) is 15.7. The van der Waals surface area contributed by atoms with Gasteiger partial charge in [0.05, 0.1) is 33.3 Å². The van der Waals surface area contributed by atoms with Crippen LogP contribution in [0.1, 0.15) is 71.0 Å². The normalized spacial score (nSPS) is 16.2. The van der Waals surface area contributed by atoms with Crippen LogP contribution in [0.2, 0.25) is 0 Å². The summed E-state index contributed by atoms with van der Waals surface area (Å²) in [7, 11) is 0. The highest BCUT2D eigenvalue weighted by Crippen LogP contribution is 2.50. The van der Waals surface area contributed by atoms with Gasteiger partial charge in [-0.25, -0.2) is 0 Å². The molecule has 0 fully saturated rings. The molecule has 4 aromatic carbocycles. The molecule has 0 bridgehead atoms. The van der Waals surface area contributed by atoms with Gasteiger partial charge in [0.25, 0.3) is 0 Å². The molecule has 246 valence electrons. The van der Waals surface area contributed by atoms with E-state index in [0.717, 1.165) is 0 Å². The number of rotatable bonds is 3. The lowest BCUT2D eigenvalue weighted by Crippen LogP contribution is -2.30. The molecule has 10 rings (SSSR count). The summed E-state index contributed by atoms with van der Waals surface area (Å²) in [5.74, 6) is 0.403. The molecule has 0 atom stereocenters. The summed E-state index contributed by atoms with van der Waals surface area (Å²) in [6.45, 7) is 16.2. The van der Waals surface area contributed by atoms with Crippen LogP contribution >= 0.6 is 0 Å². The molecule has 0 aliphatic carbocycles. The van der Waals surface area contributed by atoms with Crippen molar-refractivity contribution in [1.82, 2.24) is 18.3 Å². The molecule has 0 N–H and O–H groups in total. The molecule has 4 aromatic heterocycles. The van der Waals surface area contributed by atoms with Gasteiger partial charge in [0, 0.05) is 67.4 Å². The zero-order chi connectivity index (χ0) is 34.3. The number of hydrogen-bond donors (Lipinski definition) is 0. The molecule has 0 spiro atoms. The van der Waals surface area contributed by atoms with Crippen LogP contribution in [0.25, 0.3) is 67.6 Å². The number of fused-ring (bicyclic) bond motifs is 12. The van der Waals surface area contributed by atoms with Crippen molar-refractivity contribution in [2.75, 3.05) is 0 Å². The molecule has 0 saturated carbocycles. The van der Waals surface area contributed by atoms with Crippen molar-refractivity contribution in [3.63, 3.8) is 0 Å². The maximum absolute atomic E-state index is 2.53. The van der Waals surface area contributed by atoms with Crippen LogP contribution in [0.5, 0.6) is 0 Å². The Labute approximate surface area is 292 Å². The van der Waals surface area contributed by atoms with Gasteiger partial charge in [-0.2, -0.15) is 0 Å². The molecule has 2 aliphatic heterocycles. The first-order chi connectivity index (χ1) is 24.1. The Bertz CT molecular complexity index is 2840. The van der Waals surface area contributed by atoms with Crippen molar-refractivity contribution in [2.45, 2.75) is 59.3 Å². The number of nitrogens with zero attached hydrogens (tertiary/aromatic N) is 4. The fourth-order valence-corrected chi connectivity index (χ4v) is 9.56. The lowest BCUT2D eigenvalue weighted by Gasteiger charge is -2.21. The summed E-state index contributed by atoms with van der Waals surface area (Å²) in [6, 6.07) is 36.0. The van der Waals surface area contributed by atoms with E-state index in [1.54, 1.807) is 0 Å². The van der Waals surface area contributed by atoms with Crippen LogP contribution in [0, 0.1) is 5.92 Å². The van der Waals surface area contributed by atoms with E-state index in [0.29, 0.717) is 5.92 Å². The van der Waals surface area contributed by atoms with Gasteiger partial charge in [-0.1, -0.05) is 108 Å². The molecule has 0 radical (unpaired) electrons. The summed E-state index contributed by atoms with van der Waals surface area (Å²) in [5.41, 5.74) is 14.0. The molecular weight excluding hydrogens is 609 g/mol. The second kappa shape index (κ2) is 9.82. The van der Waals surface area contributed by atoms with E-state index in [-0.39, 0.29) is 10.8 Å². The van der Waals surface area contributed by atoms with E-state index >= 15 is 0 Å². The minimum atomic E-state index is -0.135. The molecule has 2 aliphatic rings. The Kier molecular flexibility index (Phi) is 5.78. The predicted octanol–water partition coefficient (Wildman–Crippen LogP) is 9.82. The number of para-hydroxylation sites is 3. The molecular formula is C46H42N4. The van der Waals surface area contributed by atoms with Gasteiger partial charge in [0.2, 0.25) is 0 Å². The number of hydrogen-bond acceptors (Lipinski definition) is 0. The standard InChI is InChI=1S/C46H42N4/c1-8-31-33-26-47-38-19-13-10-16-35(38)45(4,5)43(47)41(33)50(40(31)25-28(2)3)30-23-21-29(22-24-30)49-37-18-12-9-15-32(37)34-27-48-39-20-14-11-17-36(39)46(6,7)44(48)42(34)49/h8-28H,1-7H3. The molecule has 8 aromatic rings. The summed E-state index contributed by atoms with van der Waals surface area (Å²) in [4.78, 5) is 0. The van der Waals surface area contributed by atoms with Crippen LogP contribution < -0.4 is 10.6 Å². The summed E-state index contributed by atoms with van der Waals surface area (Å²) >= 11 is 0. The zero-order valence-corrected chi connectivity index (χ0v) is 29.9. The van der Waals surface area contributed by atoms with Crippen LogP contribution in [-0.2, 0) is 10.8 Å². The van der Waals surface area contributed by atoms with Gasteiger partial charge in [0.1, 0.15) is 0 Å². The largest absolute Gasteiger partial charge is 0.317 e. The van der Waals surface area contributed by atoms with Crippen molar-refractivity contribution in [3.05, 3.63) is 143 Å². The highest BCUT2D eigenvalue weighted by Gasteiger charge is 2.41. The maximum atomic E-state index is 2.53. The van der Waals surface area contributed by atoms with Gasteiger partial charge < -0.3 is 18.3 Å². The number of benzene rings is 4. The summed E-state index contributed by atoms with van der Waals surface area (Å²) < 4.78 is 9.93. The number of aromatic nitrogens is 4. The van der Waals surface area contributed by atoms with Crippen molar-refractivity contribution in [2.24, 2.45) is 5.92 Å². The molecule has 4 nitrogen and oxygen atoms in total. The molecule has 0 saturated heterocycles. The van der Waals surface area contributed by atoms with E-state index in [9.17, 15) is 0 Å². The van der Waals surface area contributed by atoms with Crippen molar-refractivity contribution in [3.8, 4) is 22.7 Å². The average molecular weight is 651 g/mol. The van der Waals surface area contributed by atoms with Crippen molar-refractivity contribution >= 4 is 44.9 Å². The smallest absolute Gasteiger partial charge is 0.0763 e. The van der Waals surface area contributed by atoms with Gasteiger partial charge in [-0.3, -0.25) is 0 Å². The van der Waals surface area contributed by atoms with Gasteiger partial charge in [-0.15, -0.1) is 0 Å². The fourth-order valence-electron chi connectivity index (χ4n) is 9.56. The first-order valence-corrected chi connectivity index (χ1v) is 18.0. The third kappa shape index (κ3) is 3.56. The van der Waals surface area contributed by atoms with Crippen molar-refractivity contribution in [1.29, 1.82) is 0 Å². The summed E-state index contributed by atoms with van der Waals surface area (Å²) in [5, 5.41) is 6.48. The monoisotopic (exact) mass is 650 g/mol. The maximum Gasteiger partial charge on any atom is 0.0763 e. The lowest BCUT2D eigenvalue weighted by atomic mass is 9.83. The fraction of sp³-hybridized carbons (Fsp3) is 0.217. The first kappa shape index (κ1) is 29.4. The molecule has 6 heterocycles. The van der Waals surface area contributed by atoms with Gasteiger partial charge in [-0.05, 0) is 66.4 Å². The van der Waals surface area contributed by atoms with E-state index < -0.39 is 0 Å². The molecule has 0 amide bonds. The minimum absolute atomic E-state index is 0.129. The molecule has 50 heavy (non-hydrogen) atoms. The first-order valence-electron chi connectivity index (χ1n) is 18.0. The third-order valence-corrected chi connectivity index (χ3v) is 11.7. The Morgan fingerprint density at radius 1 is 0.560 bits per heavy atom. The lowest BCUT2D eigenvalue weighted by molar-refractivity contribution is 0.645. The molecule has 0 unspecified atom stereocenters. The molecule has 4 heteroatoms. The van der Waals surface area contributed by atoms with Gasteiger partial charge in [0.15, 0.2) is 0 Å². The topological polar surface area (TPSA) is 19.7 Å². The highest BCUT2D eigenvalue weighted by molar-refractivity contribution is 6.11. The zero-order valence-electron chi connectivity index (χ0n) is 29.9. The Morgan fingerprint density at radius 2 is 1.06 bits per heavy atom. The van der Waals surface area contributed by atoms with E-state index in [4.69, 9.17) is 0 Å². The van der Waals surface area contributed by atoms with E-state index in [2.05, 4.69) is 188 Å². The van der Waals surface area contributed by atoms with Crippen LogP contribution in [0.4, 0.5) is 0 Å². The second-order valence-corrected chi connectivity index (χ2v) is 15.7. The van der Waals surface area contributed by atoms with Crippen molar-refractivity contribution < 1.29 is 0 Å².